The van der Waals surface area contributed by atoms with Gasteiger partial charge in [0.1, 0.15) is 6.04 Å². The highest BCUT2D eigenvalue weighted by Crippen LogP contribution is 2.29. The third kappa shape index (κ3) is 3.65. The van der Waals surface area contributed by atoms with Crippen molar-refractivity contribution in [2.45, 2.75) is 37.8 Å². The molecule has 2 atom stereocenters. The minimum atomic E-state index is -0.736. The van der Waals surface area contributed by atoms with E-state index in [2.05, 4.69) is 5.32 Å². The van der Waals surface area contributed by atoms with Crippen LogP contribution in [0.4, 0.5) is 10.5 Å². The number of rotatable bonds is 5. The Balaban J connectivity index is 1.63. The van der Waals surface area contributed by atoms with E-state index in [1.807, 2.05) is 0 Å². The van der Waals surface area contributed by atoms with Gasteiger partial charge in [0, 0.05) is 25.6 Å². The molecule has 3 N–H and O–H groups in total. The Kier molecular flexibility index (Phi) is 5.70. The van der Waals surface area contributed by atoms with Crippen LogP contribution < -0.4 is 16.0 Å². The van der Waals surface area contributed by atoms with Gasteiger partial charge in [-0.1, -0.05) is 23.2 Å². The van der Waals surface area contributed by atoms with Crippen LogP contribution in [-0.4, -0.2) is 47.9 Å². The van der Waals surface area contributed by atoms with E-state index in [4.69, 9.17) is 28.9 Å². The van der Waals surface area contributed by atoms with E-state index in [-0.39, 0.29) is 29.8 Å². The molecule has 26 heavy (non-hydrogen) atoms. The van der Waals surface area contributed by atoms with Crippen molar-refractivity contribution in [3.8, 4) is 0 Å². The van der Waals surface area contributed by atoms with Crippen molar-refractivity contribution >= 4 is 46.7 Å². The fourth-order valence-electron chi connectivity index (χ4n) is 3.42. The van der Waals surface area contributed by atoms with Crippen LogP contribution in [-0.2, 0) is 9.59 Å². The number of hydrogen-bond acceptors (Lipinski definition) is 4. The standard InChI is InChI=1S/C17H20Cl2N4O3/c18-12-4-3-10(8-13(12)19)23-16(25)14(21-17(23)26)5-6-15(24)22-7-1-2-11(22)9-20/h3-4,8,11,14H,1-2,5-7,9,20H2,(H,21,26)/t11-,14+/m1/s1. The van der Waals surface area contributed by atoms with Crippen LogP contribution in [0.15, 0.2) is 18.2 Å². The van der Waals surface area contributed by atoms with Gasteiger partial charge >= 0.3 is 6.03 Å². The Hall–Kier alpha value is -1.83. The molecule has 0 unspecified atom stereocenters. The molecule has 0 saturated carbocycles. The molecule has 0 spiro atoms. The first-order valence-electron chi connectivity index (χ1n) is 8.51. The lowest BCUT2D eigenvalue weighted by Crippen LogP contribution is -2.40. The number of nitrogens with two attached hydrogens (primary N) is 1. The summed E-state index contributed by atoms with van der Waals surface area (Å²) >= 11 is 11.8. The summed E-state index contributed by atoms with van der Waals surface area (Å²) in [6.07, 6.45) is 2.28. The summed E-state index contributed by atoms with van der Waals surface area (Å²) in [4.78, 5) is 40.0. The molecule has 0 bridgehead atoms. The number of anilines is 1. The van der Waals surface area contributed by atoms with Crippen molar-refractivity contribution in [3.63, 3.8) is 0 Å². The summed E-state index contributed by atoms with van der Waals surface area (Å²) in [5.74, 6) is -0.439. The number of carbonyl (C=O) groups is 3. The van der Waals surface area contributed by atoms with Gasteiger partial charge in [0.05, 0.1) is 15.7 Å². The summed E-state index contributed by atoms with van der Waals surface area (Å²) in [6, 6.07) is 3.34. The van der Waals surface area contributed by atoms with Crippen LogP contribution in [0.3, 0.4) is 0 Å². The van der Waals surface area contributed by atoms with Gasteiger partial charge in [0.2, 0.25) is 5.91 Å². The molecule has 2 saturated heterocycles. The van der Waals surface area contributed by atoms with E-state index in [0.717, 1.165) is 17.7 Å². The monoisotopic (exact) mass is 398 g/mol. The topological polar surface area (TPSA) is 95.7 Å². The van der Waals surface area contributed by atoms with E-state index < -0.39 is 18.0 Å². The Bertz CT molecular complexity index is 743. The average Bonchev–Trinajstić information content (AvgIpc) is 3.20. The zero-order valence-corrected chi connectivity index (χ0v) is 15.6. The smallest absolute Gasteiger partial charge is 0.329 e. The van der Waals surface area contributed by atoms with Gasteiger partial charge in [-0.25, -0.2) is 9.69 Å². The lowest BCUT2D eigenvalue weighted by atomic mass is 10.1. The zero-order valence-electron chi connectivity index (χ0n) is 14.1. The maximum Gasteiger partial charge on any atom is 0.329 e. The summed E-state index contributed by atoms with van der Waals surface area (Å²) < 4.78 is 0. The Morgan fingerprint density at radius 1 is 1.27 bits per heavy atom. The number of hydrogen-bond donors (Lipinski definition) is 2. The number of likely N-dealkylation sites (tertiary alicyclic amines) is 1. The van der Waals surface area contributed by atoms with E-state index in [9.17, 15) is 14.4 Å². The van der Waals surface area contributed by atoms with E-state index in [0.29, 0.717) is 23.8 Å². The van der Waals surface area contributed by atoms with E-state index in [1.54, 1.807) is 11.0 Å². The average molecular weight is 399 g/mol. The predicted octanol–water partition coefficient (Wildman–Crippen LogP) is 2.15. The number of carbonyl (C=O) groups excluding carboxylic acids is 3. The van der Waals surface area contributed by atoms with Gasteiger partial charge < -0.3 is 16.0 Å². The first-order chi connectivity index (χ1) is 12.4. The third-order valence-electron chi connectivity index (χ3n) is 4.80. The minimum absolute atomic E-state index is 0.0343. The maximum atomic E-state index is 12.6. The maximum absolute atomic E-state index is 12.6. The molecule has 2 fully saturated rings. The van der Waals surface area contributed by atoms with Crippen molar-refractivity contribution in [2.24, 2.45) is 5.73 Å². The SMILES string of the molecule is NC[C@H]1CCCN1C(=O)CC[C@@H]1NC(=O)N(c2ccc(Cl)c(Cl)c2)C1=O. The molecule has 140 valence electrons. The van der Waals surface area contributed by atoms with Crippen LogP contribution in [0, 0.1) is 0 Å². The second kappa shape index (κ2) is 7.82. The summed E-state index contributed by atoms with van der Waals surface area (Å²) in [6.45, 7) is 1.14. The first-order valence-corrected chi connectivity index (χ1v) is 9.27. The number of benzene rings is 1. The van der Waals surface area contributed by atoms with E-state index >= 15 is 0 Å². The highest BCUT2D eigenvalue weighted by Gasteiger charge is 2.39. The highest BCUT2D eigenvalue weighted by atomic mass is 35.5. The summed E-state index contributed by atoms with van der Waals surface area (Å²) in [5, 5.41) is 3.22. The fourth-order valence-corrected chi connectivity index (χ4v) is 3.71. The molecule has 2 heterocycles. The summed E-state index contributed by atoms with van der Waals surface area (Å²) in [5.41, 5.74) is 6.04. The lowest BCUT2D eigenvalue weighted by Gasteiger charge is -2.23. The first kappa shape index (κ1) is 18.9. The fraction of sp³-hybridized carbons (Fsp3) is 0.471. The van der Waals surface area contributed by atoms with Crippen molar-refractivity contribution in [2.75, 3.05) is 18.0 Å². The van der Waals surface area contributed by atoms with Crippen molar-refractivity contribution in [3.05, 3.63) is 28.2 Å². The molecular weight excluding hydrogens is 379 g/mol. The Labute approximate surface area is 161 Å². The number of nitrogens with one attached hydrogen (secondary N) is 1. The second-order valence-electron chi connectivity index (χ2n) is 6.43. The van der Waals surface area contributed by atoms with Gasteiger partial charge in [-0.15, -0.1) is 0 Å². The summed E-state index contributed by atoms with van der Waals surface area (Å²) in [7, 11) is 0. The van der Waals surface area contributed by atoms with Crippen LogP contribution in [0.2, 0.25) is 10.0 Å². The van der Waals surface area contributed by atoms with Crippen LogP contribution in [0.25, 0.3) is 0 Å². The van der Waals surface area contributed by atoms with Crippen LogP contribution in [0.5, 0.6) is 0 Å². The molecule has 0 aromatic heterocycles. The molecule has 2 aliphatic heterocycles. The zero-order chi connectivity index (χ0) is 18.8. The Morgan fingerprint density at radius 2 is 2.04 bits per heavy atom. The number of urea groups is 1. The van der Waals surface area contributed by atoms with Gasteiger partial charge in [-0.3, -0.25) is 9.59 Å². The number of imide groups is 1. The van der Waals surface area contributed by atoms with Crippen LogP contribution in [0.1, 0.15) is 25.7 Å². The predicted molar refractivity (Wildman–Crippen MR) is 99.3 cm³/mol. The highest BCUT2D eigenvalue weighted by molar-refractivity contribution is 6.42. The number of amides is 4. The lowest BCUT2D eigenvalue weighted by molar-refractivity contribution is -0.132. The van der Waals surface area contributed by atoms with Crippen molar-refractivity contribution in [1.82, 2.24) is 10.2 Å². The second-order valence-corrected chi connectivity index (χ2v) is 7.25. The molecular formula is C17H20Cl2N4O3. The van der Waals surface area contributed by atoms with Gasteiger partial charge in [-0.05, 0) is 37.5 Å². The number of nitrogens with zero attached hydrogens (tertiary/aromatic N) is 2. The van der Waals surface area contributed by atoms with Crippen LogP contribution >= 0.6 is 23.2 Å². The van der Waals surface area contributed by atoms with Crippen molar-refractivity contribution < 1.29 is 14.4 Å². The van der Waals surface area contributed by atoms with Gasteiger partial charge in [-0.2, -0.15) is 0 Å². The molecule has 9 heteroatoms. The third-order valence-corrected chi connectivity index (χ3v) is 5.54. The van der Waals surface area contributed by atoms with Gasteiger partial charge in [0.15, 0.2) is 0 Å². The minimum Gasteiger partial charge on any atom is -0.338 e. The van der Waals surface area contributed by atoms with E-state index in [1.165, 1.54) is 12.1 Å². The molecule has 2 aliphatic rings. The molecule has 1 aromatic carbocycles. The molecule has 3 rings (SSSR count). The molecule has 7 nitrogen and oxygen atoms in total. The largest absolute Gasteiger partial charge is 0.338 e. The quantitative estimate of drug-likeness (QED) is 0.742. The Morgan fingerprint density at radius 3 is 2.73 bits per heavy atom. The normalized spacial score (nSPS) is 22.9. The number of halogens is 2. The molecule has 0 aliphatic carbocycles. The van der Waals surface area contributed by atoms with Gasteiger partial charge in [0.25, 0.3) is 5.91 Å². The molecule has 4 amide bonds. The molecule has 1 aromatic rings. The molecule has 0 radical (unpaired) electrons. The van der Waals surface area contributed by atoms with Crippen molar-refractivity contribution in [1.29, 1.82) is 0 Å².